The van der Waals surface area contributed by atoms with Crippen molar-refractivity contribution in [2.24, 2.45) is 5.92 Å². The number of rotatable bonds is 8. The maximum Gasteiger partial charge on any atom is 0.231 e. The fourth-order valence-electron chi connectivity index (χ4n) is 5.71. The minimum atomic E-state index is -0.573. The summed E-state index contributed by atoms with van der Waals surface area (Å²) >= 11 is 0. The van der Waals surface area contributed by atoms with Crippen molar-refractivity contribution in [1.29, 1.82) is 0 Å². The monoisotopic (exact) mass is 502 g/mol. The molecule has 4 aromatic rings. The molecule has 4 heteroatoms. The number of hydrogen-bond donors (Lipinski definition) is 1. The second kappa shape index (κ2) is 11.6. The van der Waals surface area contributed by atoms with Gasteiger partial charge >= 0.3 is 0 Å². The summed E-state index contributed by atoms with van der Waals surface area (Å²) in [6, 6.07) is 32.0. The standard InChI is InChI=1S/C34H34N2O2/c1-25(27-8-4-2-5-9-27)36-33(38)34(31-10-6-3-7-11-31)20-16-26(17-21-34)24-32(37)30-14-12-28(13-15-30)29-18-22-35-23-19-29/h2-15,18-19,22-23,25-26H,16-17,20-21,24H2,1H3,(H,36,38). The predicted molar refractivity (Wildman–Crippen MR) is 152 cm³/mol. The third kappa shape index (κ3) is 5.60. The van der Waals surface area contributed by atoms with Gasteiger partial charge in [-0.25, -0.2) is 0 Å². The van der Waals surface area contributed by atoms with Crippen molar-refractivity contribution < 1.29 is 9.59 Å². The molecule has 3 aromatic carbocycles. The number of amides is 1. The van der Waals surface area contributed by atoms with Gasteiger partial charge in [-0.05, 0) is 72.9 Å². The van der Waals surface area contributed by atoms with E-state index in [0.29, 0.717) is 6.42 Å². The van der Waals surface area contributed by atoms with Gasteiger partial charge in [0, 0.05) is 24.4 Å². The van der Waals surface area contributed by atoms with Gasteiger partial charge < -0.3 is 5.32 Å². The Kier molecular flexibility index (Phi) is 7.78. The first-order valence-corrected chi connectivity index (χ1v) is 13.5. The fourth-order valence-corrected chi connectivity index (χ4v) is 5.71. The molecular weight excluding hydrogens is 468 g/mol. The summed E-state index contributed by atoms with van der Waals surface area (Å²) in [6.07, 6.45) is 7.24. The zero-order valence-electron chi connectivity index (χ0n) is 21.8. The molecule has 1 saturated carbocycles. The number of nitrogens with zero attached hydrogens (tertiary/aromatic N) is 1. The van der Waals surface area contributed by atoms with Gasteiger partial charge in [0.05, 0.1) is 11.5 Å². The summed E-state index contributed by atoms with van der Waals surface area (Å²) in [4.78, 5) is 31.0. The molecule has 0 saturated heterocycles. The molecule has 1 unspecified atom stereocenters. The molecule has 1 fully saturated rings. The molecule has 192 valence electrons. The van der Waals surface area contributed by atoms with Crippen LogP contribution >= 0.6 is 0 Å². The molecule has 38 heavy (non-hydrogen) atoms. The molecule has 0 spiro atoms. The van der Waals surface area contributed by atoms with Gasteiger partial charge in [-0.3, -0.25) is 14.6 Å². The first-order valence-electron chi connectivity index (χ1n) is 13.5. The number of ketones is 1. The number of pyridine rings is 1. The van der Waals surface area contributed by atoms with Crippen LogP contribution in [0.25, 0.3) is 11.1 Å². The second-order valence-electron chi connectivity index (χ2n) is 10.4. The Morgan fingerprint density at radius 2 is 1.39 bits per heavy atom. The van der Waals surface area contributed by atoms with Crippen LogP contribution in [0.15, 0.2) is 109 Å². The molecule has 1 heterocycles. The van der Waals surface area contributed by atoms with Crippen LogP contribution in [0.4, 0.5) is 0 Å². The van der Waals surface area contributed by atoms with Crippen LogP contribution in [-0.2, 0) is 10.2 Å². The molecule has 0 bridgehead atoms. The molecule has 0 radical (unpaired) electrons. The number of hydrogen-bond acceptors (Lipinski definition) is 3. The molecular formula is C34H34N2O2. The van der Waals surface area contributed by atoms with E-state index in [-0.39, 0.29) is 23.7 Å². The number of carbonyl (C=O) groups excluding carboxylic acids is 2. The number of nitrogens with one attached hydrogen (secondary N) is 1. The van der Waals surface area contributed by atoms with Crippen molar-refractivity contribution in [3.05, 3.63) is 126 Å². The van der Waals surface area contributed by atoms with E-state index in [0.717, 1.165) is 53.5 Å². The Hall–Kier alpha value is -4.05. The molecule has 1 atom stereocenters. The molecule has 4 nitrogen and oxygen atoms in total. The van der Waals surface area contributed by atoms with Crippen molar-refractivity contribution in [2.45, 2.75) is 50.5 Å². The SMILES string of the molecule is CC(NC(=O)C1(c2ccccc2)CCC(CC(=O)c2ccc(-c3ccncc3)cc2)CC1)c1ccccc1. The molecule has 0 aliphatic heterocycles. The third-order valence-corrected chi connectivity index (χ3v) is 8.06. The van der Waals surface area contributed by atoms with E-state index in [4.69, 9.17) is 0 Å². The Bertz CT molecular complexity index is 1340. The third-order valence-electron chi connectivity index (χ3n) is 8.06. The Labute approximate surface area is 225 Å². The van der Waals surface area contributed by atoms with E-state index in [2.05, 4.69) is 22.4 Å². The lowest BCUT2D eigenvalue weighted by Crippen LogP contribution is -2.47. The molecule has 1 amide bonds. The van der Waals surface area contributed by atoms with E-state index in [1.807, 2.05) is 91.9 Å². The van der Waals surface area contributed by atoms with E-state index < -0.39 is 5.41 Å². The van der Waals surface area contributed by atoms with Crippen LogP contribution in [0.1, 0.15) is 66.6 Å². The Morgan fingerprint density at radius 1 is 0.816 bits per heavy atom. The van der Waals surface area contributed by atoms with Gasteiger partial charge in [0.25, 0.3) is 0 Å². The van der Waals surface area contributed by atoms with Gasteiger partial charge in [-0.15, -0.1) is 0 Å². The average molecular weight is 503 g/mol. The normalized spacial score (nSPS) is 19.9. The van der Waals surface area contributed by atoms with E-state index in [1.54, 1.807) is 12.4 Å². The van der Waals surface area contributed by atoms with Crippen LogP contribution in [0.2, 0.25) is 0 Å². The molecule has 1 aromatic heterocycles. The number of benzene rings is 3. The van der Waals surface area contributed by atoms with E-state index in [9.17, 15) is 9.59 Å². The topological polar surface area (TPSA) is 59.1 Å². The van der Waals surface area contributed by atoms with Crippen molar-refractivity contribution in [2.75, 3.05) is 0 Å². The van der Waals surface area contributed by atoms with Crippen LogP contribution < -0.4 is 5.32 Å². The van der Waals surface area contributed by atoms with Crippen LogP contribution in [0.3, 0.4) is 0 Å². The average Bonchev–Trinajstić information content (AvgIpc) is 2.99. The zero-order chi connectivity index (χ0) is 26.4. The molecule has 1 aliphatic rings. The first-order chi connectivity index (χ1) is 18.5. The fraction of sp³-hybridized carbons (Fsp3) is 0.265. The Morgan fingerprint density at radius 3 is 2.03 bits per heavy atom. The van der Waals surface area contributed by atoms with E-state index >= 15 is 0 Å². The van der Waals surface area contributed by atoms with Crippen LogP contribution in [-0.4, -0.2) is 16.7 Å². The summed E-state index contributed by atoms with van der Waals surface area (Å²) in [5, 5.41) is 3.30. The predicted octanol–water partition coefficient (Wildman–Crippen LogP) is 7.33. The minimum absolute atomic E-state index is 0.0706. The van der Waals surface area contributed by atoms with Crippen LogP contribution in [0.5, 0.6) is 0 Å². The lowest BCUT2D eigenvalue weighted by molar-refractivity contribution is -0.129. The highest BCUT2D eigenvalue weighted by Crippen LogP contribution is 2.43. The summed E-state index contributed by atoms with van der Waals surface area (Å²) in [5.74, 6) is 0.528. The summed E-state index contributed by atoms with van der Waals surface area (Å²) in [5.41, 5.74) is 4.49. The van der Waals surface area contributed by atoms with Crippen molar-refractivity contribution in [1.82, 2.24) is 10.3 Å². The number of aromatic nitrogens is 1. The van der Waals surface area contributed by atoms with Crippen molar-refractivity contribution in [3.63, 3.8) is 0 Å². The smallest absolute Gasteiger partial charge is 0.231 e. The number of Topliss-reactive ketones (excluding diaryl/α,β-unsaturated/α-hetero) is 1. The van der Waals surface area contributed by atoms with Gasteiger partial charge in [-0.2, -0.15) is 0 Å². The van der Waals surface area contributed by atoms with Crippen LogP contribution in [0, 0.1) is 5.92 Å². The summed E-state index contributed by atoms with van der Waals surface area (Å²) in [7, 11) is 0. The first kappa shape index (κ1) is 25.6. The van der Waals surface area contributed by atoms with Gasteiger partial charge in [-0.1, -0.05) is 84.9 Å². The van der Waals surface area contributed by atoms with Crippen molar-refractivity contribution in [3.8, 4) is 11.1 Å². The molecule has 1 aliphatic carbocycles. The maximum atomic E-state index is 13.8. The quantitative estimate of drug-likeness (QED) is 0.257. The number of carbonyl (C=O) groups is 2. The minimum Gasteiger partial charge on any atom is -0.349 e. The summed E-state index contributed by atoms with van der Waals surface area (Å²) in [6.45, 7) is 2.04. The summed E-state index contributed by atoms with van der Waals surface area (Å²) < 4.78 is 0. The highest BCUT2D eigenvalue weighted by Gasteiger charge is 2.43. The lowest BCUT2D eigenvalue weighted by Gasteiger charge is -2.40. The van der Waals surface area contributed by atoms with E-state index in [1.165, 1.54) is 0 Å². The van der Waals surface area contributed by atoms with Gasteiger partial charge in [0.1, 0.15) is 0 Å². The largest absolute Gasteiger partial charge is 0.349 e. The molecule has 5 rings (SSSR count). The highest BCUT2D eigenvalue weighted by molar-refractivity contribution is 5.96. The second-order valence-corrected chi connectivity index (χ2v) is 10.4. The highest BCUT2D eigenvalue weighted by atomic mass is 16.2. The Balaban J connectivity index is 1.26. The van der Waals surface area contributed by atoms with Gasteiger partial charge in [0.15, 0.2) is 5.78 Å². The molecule has 1 N–H and O–H groups in total. The lowest BCUT2D eigenvalue weighted by atomic mass is 9.65. The van der Waals surface area contributed by atoms with Crippen molar-refractivity contribution >= 4 is 11.7 Å². The maximum absolute atomic E-state index is 13.8. The van der Waals surface area contributed by atoms with Gasteiger partial charge in [0.2, 0.25) is 5.91 Å². The zero-order valence-corrected chi connectivity index (χ0v) is 21.8.